The van der Waals surface area contributed by atoms with E-state index >= 15 is 0 Å². The molecule has 2 aromatic heterocycles. The summed E-state index contributed by atoms with van der Waals surface area (Å²) >= 11 is 1.54. The fraction of sp³-hybridized carbons (Fsp3) is 0.143. The Kier molecular flexibility index (Phi) is 2.59. The minimum absolute atomic E-state index is 0.186. The molecular formula is C14H12FNOS. The van der Waals surface area contributed by atoms with Crippen LogP contribution in [0.2, 0.25) is 0 Å². The van der Waals surface area contributed by atoms with Crippen molar-refractivity contribution in [2.75, 3.05) is 7.11 Å². The number of fused-ring (bicyclic) bond motifs is 1. The van der Waals surface area contributed by atoms with Crippen LogP contribution < -0.4 is 4.74 Å². The van der Waals surface area contributed by atoms with Gasteiger partial charge >= 0.3 is 0 Å². The molecule has 0 bridgehead atoms. The minimum Gasteiger partial charge on any atom is -0.497 e. The van der Waals surface area contributed by atoms with Crippen LogP contribution in [0.4, 0.5) is 4.39 Å². The molecule has 4 heteroatoms. The molecule has 0 atom stereocenters. The normalized spacial score (nSPS) is 11.1. The Morgan fingerprint density at radius 2 is 2.11 bits per heavy atom. The molecule has 3 rings (SSSR count). The second kappa shape index (κ2) is 4.14. The van der Waals surface area contributed by atoms with Crippen molar-refractivity contribution in [1.82, 2.24) is 4.57 Å². The summed E-state index contributed by atoms with van der Waals surface area (Å²) in [5, 5.41) is 2.55. The van der Waals surface area contributed by atoms with Crippen LogP contribution >= 0.6 is 11.3 Å². The van der Waals surface area contributed by atoms with Gasteiger partial charge in [0.1, 0.15) is 5.75 Å². The average molecular weight is 261 g/mol. The summed E-state index contributed by atoms with van der Waals surface area (Å²) in [6, 6.07) is 9.33. The van der Waals surface area contributed by atoms with Crippen molar-refractivity contribution in [3.63, 3.8) is 0 Å². The lowest BCUT2D eigenvalue weighted by Crippen LogP contribution is -1.90. The number of methoxy groups -OCH3 is 1. The monoisotopic (exact) mass is 261 g/mol. The highest BCUT2D eigenvalue weighted by Crippen LogP contribution is 2.35. The third kappa shape index (κ3) is 1.53. The van der Waals surface area contributed by atoms with Crippen molar-refractivity contribution in [1.29, 1.82) is 0 Å². The molecule has 18 heavy (non-hydrogen) atoms. The van der Waals surface area contributed by atoms with Crippen molar-refractivity contribution in [3.8, 4) is 16.3 Å². The van der Waals surface area contributed by atoms with E-state index in [2.05, 4.69) is 0 Å². The third-order valence-corrected chi connectivity index (χ3v) is 3.98. The van der Waals surface area contributed by atoms with Gasteiger partial charge in [-0.3, -0.25) is 0 Å². The van der Waals surface area contributed by atoms with Gasteiger partial charge < -0.3 is 9.30 Å². The van der Waals surface area contributed by atoms with Crippen molar-refractivity contribution >= 4 is 22.2 Å². The SMILES string of the molecule is COc1ccc2c(c1)c(F)c(-c1cccs1)n2C. The Morgan fingerprint density at radius 3 is 2.78 bits per heavy atom. The number of benzene rings is 1. The van der Waals surface area contributed by atoms with Crippen LogP contribution in [-0.2, 0) is 7.05 Å². The van der Waals surface area contributed by atoms with Gasteiger partial charge in [0.25, 0.3) is 0 Å². The van der Waals surface area contributed by atoms with Crippen LogP contribution in [0.5, 0.6) is 5.75 Å². The average Bonchev–Trinajstić information content (AvgIpc) is 2.98. The molecule has 0 aliphatic rings. The highest BCUT2D eigenvalue weighted by Gasteiger charge is 2.17. The number of ether oxygens (including phenoxy) is 1. The highest BCUT2D eigenvalue weighted by atomic mass is 32.1. The highest BCUT2D eigenvalue weighted by molar-refractivity contribution is 7.13. The predicted octanol–water partition coefficient (Wildman–Crippen LogP) is 4.05. The maximum absolute atomic E-state index is 14.5. The Balaban J connectivity index is 2.34. The van der Waals surface area contributed by atoms with Gasteiger partial charge in [0.2, 0.25) is 0 Å². The van der Waals surface area contributed by atoms with Crippen LogP contribution in [0, 0.1) is 5.82 Å². The quantitative estimate of drug-likeness (QED) is 0.678. The maximum atomic E-state index is 14.5. The van der Waals surface area contributed by atoms with Crippen LogP contribution in [0.25, 0.3) is 21.5 Å². The fourth-order valence-electron chi connectivity index (χ4n) is 2.19. The van der Waals surface area contributed by atoms with Crippen molar-refractivity contribution < 1.29 is 9.13 Å². The number of hydrogen-bond donors (Lipinski definition) is 0. The summed E-state index contributed by atoms with van der Waals surface area (Å²) in [6.07, 6.45) is 0. The van der Waals surface area contributed by atoms with Crippen LogP contribution in [-0.4, -0.2) is 11.7 Å². The van der Waals surface area contributed by atoms with E-state index in [9.17, 15) is 4.39 Å². The molecule has 1 aromatic carbocycles. The smallest absolute Gasteiger partial charge is 0.157 e. The topological polar surface area (TPSA) is 14.2 Å². The van der Waals surface area contributed by atoms with Crippen molar-refractivity contribution in [2.24, 2.45) is 7.05 Å². The Labute approximate surface area is 108 Å². The molecule has 0 unspecified atom stereocenters. The van der Waals surface area contributed by atoms with E-state index < -0.39 is 0 Å². The molecule has 0 aliphatic heterocycles. The van der Waals surface area contributed by atoms with E-state index in [-0.39, 0.29) is 5.82 Å². The summed E-state index contributed by atoms with van der Waals surface area (Å²) in [7, 11) is 3.47. The zero-order valence-electron chi connectivity index (χ0n) is 10.1. The van der Waals surface area contributed by atoms with Gasteiger partial charge in [0, 0.05) is 12.4 Å². The third-order valence-electron chi connectivity index (χ3n) is 3.10. The lowest BCUT2D eigenvalue weighted by molar-refractivity contribution is 0.415. The van der Waals surface area contributed by atoms with E-state index in [0.29, 0.717) is 16.8 Å². The number of aromatic nitrogens is 1. The summed E-state index contributed by atoms with van der Waals surface area (Å²) in [5.41, 5.74) is 1.50. The molecule has 0 saturated carbocycles. The molecule has 0 fully saturated rings. The lowest BCUT2D eigenvalue weighted by Gasteiger charge is -2.01. The number of aryl methyl sites for hydroxylation is 1. The van der Waals surface area contributed by atoms with E-state index in [4.69, 9.17) is 4.74 Å². The van der Waals surface area contributed by atoms with E-state index in [1.165, 1.54) is 11.3 Å². The second-order valence-electron chi connectivity index (χ2n) is 4.08. The second-order valence-corrected chi connectivity index (χ2v) is 5.03. The zero-order chi connectivity index (χ0) is 12.7. The van der Waals surface area contributed by atoms with Crippen LogP contribution in [0.1, 0.15) is 0 Å². The van der Waals surface area contributed by atoms with Gasteiger partial charge in [-0.25, -0.2) is 4.39 Å². The van der Waals surface area contributed by atoms with Gasteiger partial charge in [-0.05, 0) is 29.6 Å². The van der Waals surface area contributed by atoms with Crippen LogP contribution in [0.15, 0.2) is 35.7 Å². The first-order valence-corrected chi connectivity index (χ1v) is 6.46. The number of halogens is 1. The molecule has 0 amide bonds. The molecule has 0 radical (unpaired) electrons. The molecule has 92 valence electrons. The molecule has 0 spiro atoms. The van der Waals surface area contributed by atoms with Gasteiger partial charge in [-0.1, -0.05) is 6.07 Å². The van der Waals surface area contributed by atoms with Gasteiger partial charge in [-0.2, -0.15) is 0 Å². The number of hydrogen-bond acceptors (Lipinski definition) is 2. The van der Waals surface area contributed by atoms with E-state index in [0.717, 1.165) is 10.4 Å². The first kappa shape index (κ1) is 11.3. The molecular weight excluding hydrogens is 249 g/mol. The summed E-state index contributed by atoms with van der Waals surface area (Å²) < 4.78 is 21.5. The Bertz CT molecular complexity index is 700. The summed E-state index contributed by atoms with van der Waals surface area (Å²) in [4.78, 5) is 0.935. The first-order valence-electron chi connectivity index (χ1n) is 5.58. The van der Waals surface area contributed by atoms with Gasteiger partial charge in [0.15, 0.2) is 5.82 Å². The Morgan fingerprint density at radius 1 is 1.28 bits per heavy atom. The standard InChI is InChI=1S/C14H12FNOS/c1-16-11-6-5-9(17-2)8-10(11)13(15)14(16)12-4-3-7-18-12/h3-8H,1-2H3. The van der Waals surface area contributed by atoms with Gasteiger partial charge in [0.05, 0.1) is 23.2 Å². The molecule has 2 nitrogen and oxygen atoms in total. The molecule has 3 aromatic rings. The maximum Gasteiger partial charge on any atom is 0.157 e. The number of nitrogens with zero attached hydrogens (tertiary/aromatic N) is 1. The summed E-state index contributed by atoms with van der Waals surface area (Å²) in [6.45, 7) is 0. The summed E-state index contributed by atoms with van der Waals surface area (Å²) in [5.74, 6) is 0.485. The Hall–Kier alpha value is -1.81. The molecule has 0 saturated heterocycles. The fourth-order valence-corrected chi connectivity index (χ4v) is 2.99. The molecule has 0 aliphatic carbocycles. The first-order chi connectivity index (χ1) is 8.72. The largest absolute Gasteiger partial charge is 0.497 e. The minimum atomic E-state index is -0.186. The number of thiophene rings is 1. The molecule has 0 N–H and O–H groups in total. The van der Waals surface area contributed by atoms with E-state index in [1.807, 2.05) is 41.3 Å². The predicted molar refractivity (Wildman–Crippen MR) is 72.7 cm³/mol. The van der Waals surface area contributed by atoms with Crippen molar-refractivity contribution in [2.45, 2.75) is 0 Å². The van der Waals surface area contributed by atoms with Crippen molar-refractivity contribution in [3.05, 3.63) is 41.5 Å². The lowest BCUT2D eigenvalue weighted by atomic mass is 10.2. The molecule has 2 heterocycles. The zero-order valence-corrected chi connectivity index (χ0v) is 10.9. The van der Waals surface area contributed by atoms with E-state index in [1.54, 1.807) is 13.2 Å². The number of rotatable bonds is 2. The van der Waals surface area contributed by atoms with Gasteiger partial charge in [-0.15, -0.1) is 11.3 Å². The van der Waals surface area contributed by atoms with Crippen LogP contribution in [0.3, 0.4) is 0 Å².